The van der Waals surface area contributed by atoms with Crippen LogP contribution in [0.5, 0.6) is 0 Å². The molecule has 2 nitrogen and oxygen atoms in total. The average molecular weight is 281 g/mol. The Morgan fingerprint density at radius 2 is 2.00 bits per heavy atom. The quantitative estimate of drug-likeness (QED) is 0.908. The van der Waals surface area contributed by atoms with Gasteiger partial charge < -0.3 is 10.6 Å². The fraction of sp³-hybridized carbons (Fsp3) is 0.286. The predicted octanol–water partition coefficient (Wildman–Crippen LogP) is 3.54. The molecule has 0 aliphatic carbocycles. The number of hydrogen-bond donors (Lipinski definition) is 1. The first-order valence-electron chi connectivity index (χ1n) is 5.94. The molecule has 0 radical (unpaired) electrons. The molecule has 0 saturated heterocycles. The largest absolute Gasteiger partial charge is 0.369 e. The molecule has 96 valence electrons. The zero-order valence-electron chi connectivity index (χ0n) is 10.4. The van der Waals surface area contributed by atoms with E-state index < -0.39 is 0 Å². The summed E-state index contributed by atoms with van der Waals surface area (Å²) in [7, 11) is 2.10. The monoisotopic (exact) mass is 280 g/mol. The van der Waals surface area contributed by atoms with E-state index in [-0.39, 0.29) is 0 Å². The van der Waals surface area contributed by atoms with E-state index in [2.05, 4.69) is 42.3 Å². The molecule has 0 aliphatic rings. The van der Waals surface area contributed by atoms with Crippen molar-refractivity contribution < 1.29 is 0 Å². The molecule has 1 heterocycles. The van der Waals surface area contributed by atoms with Crippen LogP contribution in [0.4, 0.5) is 5.69 Å². The van der Waals surface area contributed by atoms with Gasteiger partial charge in [-0.05, 0) is 36.7 Å². The summed E-state index contributed by atoms with van der Waals surface area (Å²) in [5, 5.41) is 0. The molecule has 0 fully saturated rings. The Hall–Kier alpha value is -1.03. The summed E-state index contributed by atoms with van der Waals surface area (Å²) in [5.74, 6) is 0. The predicted molar refractivity (Wildman–Crippen MR) is 80.6 cm³/mol. The van der Waals surface area contributed by atoms with Crippen molar-refractivity contribution >= 4 is 28.6 Å². The number of thiophene rings is 1. The Morgan fingerprint density at radius 3 is 2.67 bits per heavy atom. The maximum absolute atomic E-state index is 5.95. The van der Waals surface area contributed by atoms with Gasteiger partial charge in [-0.1, -0.05) is 29.8 Å². The van der Waals surface area contributed by atoms with Crippen molar-refractivity contribution in [2.24, 2.45) is 5.73 Å². The van der Waals surface area contributed by atoms with E-state index in [0.29, 0.717) is 6.54 Å². The highest BCUT2D eigenvalue weighted by molar-refractivity contribution is 7.16. The maximum Gasteiger partial charge on any atom is 0.0931 e. The smallest absolute Gasteiger partial charge is 0.0931 e. The highest BCUT2D eigenvalue weighted by Crippen LogP contribution is 2.26. The van der Waals surface area contributed by atoms with Gasteiger partial charge >= 0.3 is 0 Å². The van der Waals surface area contributed by atoms with Crippen LogP contribution in [0.1, 0.15) is 10.4 Å². The van der Waals surface area contributed by atoms with E-state index in [1.54, 1.807) is 11.3 Å². The van der Waals surface area contributed by atoms with Gasteiger partial charge in [-0.15, -0.1) is 11.3 Å². The molecule has 1 aromatic carbocycles. The molecular formula is C14H17ClN2S. The van der Waals surface area contributed by atoms with E-state index in [1.807, 2.05) is 6.07 Å². The second kappa shape index (κ2) is 6.23. The summed E-state index contributed by atoms with van der Waals surface area (Å²) in [5.41, 5.74) is 8.19. The lowest BCUT2D eigenvalue weighted by molar-refractivity contribution is 0.903. The number of anilines is 1. The Labute approximate surface area is 117 Å². The first-order chi connectivity index (χ1) is 8.70. The van der Waals surface area contributed by atoms with Crippen molar-refractivity contribution in [1.82, 2.24) is 0 Å². The molecule has 0 amide bonds. The topological polar surface area (TPSA) is 29.3 Å². The summed E-state index contributed by atoms with van der Waals surface area (Å²) >= 11 is 7.58. The van der Waals surface area contributed by atoms with Crippen molar-refractivity contribution in [2.45, 2.75) is 13.0 Å². The number of hydrogen-bond acceptors (Lipinski definition) is 3. The average Bonchev–Trinajstić information content (AvgIpc) is 2.76. The maximum atomic E-state index is 5.95. The van der Waals surface area contributed by atoms with Crippen LogP contribution in [0, 0.1) is 0 Å². The number of benzene rings is 1. The van der Waals surface area contributed by atoms with Crippen LogP contribution in [0.25, 0.3) is 0 Å². The first-order valence-corrected chi connectivity index (χ1v) is 7.13. The number of para-hydroxylation sites is 1. The van der Waals surface area contributed by atoms with Crippen LogP contribution in [0.3, 0.4) is 0 Å². The SMILES string of the molecule is CN(Cc1ccc(Cl)s1)c1ccccc1CCN. The number of nitrogens with zero attached hydrogens (tertiary/aromatic N) is 1. The molecule has 0 bridgehead atoms. The Morgan fingerprint density at radius 1 is 1.22 bits per heavy atom. The van der Waals surface area contributed by atoms with E-state index >= 15 is 0 Å². The molecule has 0 atom stereocenters. The van der Waals surface area contributed by atoms with Gasteiger partial charge in [0.2, 0.25) is 0 Å². The summed E-state index contributed by atoms with van der Waals surface area (Å²) < 4.78 is 0.841. The second-order valence-electron chi connectivity index (χ2n) is 4.23. The Balaban J connectivity index is 2.15. The van der Waals surface area contributed by atoms with Gasteiger partial charge in [0.1, 0.15) is 0 Å². The van der Waals surface area contributed by atoms with Crippen LogP contribution in [0.2, 0.25) is 4.34 Å². The zero-order chi connectivity index (χ0) is 13.0. The number of rotatable bonds is 5. The van der Waals surface area contributed by atoms with E-state index in [1.165, 1.54) is 16.1 Å². The molecule has 2 N–H and O–H groups in total. The van der Waals surface area contributed by atoms with Crippen LogP contribution in [-0.4, -0.2) is 13.6 Å². The molecule has 0 unspecified atom stereocenters. The molecule has 0 aliphatic heterocycles. The lowest BCUT2D eigenvalue weighted by atomic mass is 10.1. The van der Waals surface area contributed by atoms with Gasteiger partial charge in [0.15, 0.2) is 0 Å². The van der Waals surface area contributed by atoms with Gasteiger partial charge in [-0.25, -0.2) is 0 Å². The zero-order valence-corrected chi connectivity index (χ0v) is 12.0. The lowest BCUT2D eigenvalue weighted by Crippen LogP contribution is -2.18. The van der Waals surface area contributed by atoms with Crippen molar-refractivity contribution in [2.75, 3.05) is 18.5 Å². The normalized spacial score (nSPS) is 10.6. The molecule has 1 aromatic heterocycles. The van der Waals surface area contributed by atoms with Crippen molar-refractivity contribution in [3.63, 3.8) is 0 Å². The van der Waals surface area contributed by atoms with Crippen LogP contribution in [0.15, 0.2) is 36.4 Å². The first kappa shape index (κ1) is 13.4. The summed E-state index contributed by atoms with van der Waals surface area (Å²) in [6, 6.07) is 12.4. The Kier molecular flexibility index (Phi) is 4.64. The van der Waals surface area contributed by atoms with Crippen LogP contribution in [-0.2, 0) is 13.0 Å². The lowest BCUT2D eigenvalue weighted by Gasteiger charge is -2.21. The Bertz CT molecular complexity index is 510. The minimum Gasteiger partial charge on any atom is -0.369 e. The van der Waals surface area contributed by atoms with E-state index in [9.17, 15) is 0 Å². The fourth-order valence-electron chi connectivity index (χ4n) is 2.01. The summed E-state index contributed by atoms with van der Waals surface area (Å²) in [4.78, 5) is 3.51. The molecule has 2 rings (SSSR count). The summed E-state index contributed by atoms with van der Waals surface area (Å²) in [6.45, 7) is 1.55. The third kappa shape index (κ3) is 3.25. The standard InChI is InChI=1S/C14H17ClN2S/c1-17(10-12-6-7-14(15)18-12)13-5-3-2-4-11(13)8-9-16/h2-7H,8-10,16H2,1H3. The molecule has 0 saturated carbocycles. The van der Waals surface area contributed by atoms with Gasteiger partial charge in [-0.2, -0.15) is 0 Å². The third-order valence-electron chi connectivity index (χ3n) is 2.84. The van der Waals surface area contributed by atoms with Crippen molar-refractivity contribution in [3.05, 3.63) is 51.2 Å². The fourth-order valence-corrected chi connectivity index (χ4v) is 3.15. The molecule has 4 heteroatoms. The van der Waals surface area contributed by atoms with Crippen LogP contribution < -0.4 is 10.6 Å². The highest BCUT2D eigenvalue weighted by atomic mass is 35.5. The minimum atomic E-state index is 0.676. The van der Waals surface area contributed by atoms with Crippen LogP contribution >= 0.6 is 22.9 Å². The third-order valence-corrected chi connectivity index (χ3v) is 4.05. The molecule has 0 spiro atoms. The molecule has 2 aromatic rings. The van der Waals surface area contributed by atoms with Gasteiger partial charge in [0.05, 0.1) is 10.9 Å². The van der Waals surface area contributed by atoms with E-state index in [4.69, 9.17) is 17.3 Å². The van der Waals surface area contributed by atoms with Gasteiger partial charge in [-0.3, -0.25) is 0 Å². The second-order valence-corrected chi connectivity index (χ2v) is 6.03. The summed E-state index contributed by atoms with van der Waals surface area (Å²) in [6.07, 6.45) is 0.908. The minimum absolute atomic E-state index is 0.676. The molecular weight excluding hydrogens is 264 g/mol. The highest BCUT2D eigenvalue weighted by Gasteiger charge is 2.08. The van der Waals surface area contributed by atoms with Crippen molar-refractivity contribution in [1.29, 1.82) is 0 Å². The number of nitrogens with two attached hydrogens (primary N) is 1. The van der Waals surface area contributed by atoms with Crippen molar-refractivity contribution in [3.8, 4) is 0 Å². The molecule has 18 heavy (non-hydrogen) atoms. The van der Waals surface area contributed by atoms with E-state index in [0.717, 1.165) is 17.3 Å². The van der Waals surface area contributed by atoms with Gasteiger partial charge in [0, 0.05) is 17.6 Å². The number of halogens is 1. The van der Waals surface area contributed by atoms with Gasteiger partial charge in [0.25, 0.3) is 0 Å².